The second-order valence-electron chi connectivity index (χ2n) is 23.7. The third-order valence-electron chi connectivity index (χ3n) is 18.6. The van der Waals surface area contributed by atoms with Gasteiger partial charge >= 0.3 is 0 Å². The van der Waals surface area contributed by atoms with E-state index < -0.39 is 20.1 Å². The quantitative estimate of drug-likeness (QED) is 0.122. The van der Waals surface area contributed by atoms with Gasteiger partial charge in [-0.1, -0.05) is 182 Å². The molecular weight excluding hydrogens is 1200 g/mol. The summed E-state index contributed by atoms with van der Waals surface area (Å²) in [4.78, 5) is 38.0. The van der Waals surface area contributed by atoms with Crippen molar-refractivity contribution in [3.63, 3.8) is 0 Å². The summed E-state index contributed by atoms with van der Waals surface area (Å²) in [7, 11) is -4.09. The molecule has 12 heteroatoms. The molecule has 19 aromatic rings. The molecule has 0 amide bonds. The van der Waals surface area contributed by atoms with E-state index in [-0.39, 0.29) is 0 Å². The molecule has 95 heavy (non-hydrogen) atoms. The molecule has 0 spiro atoms. The largest absolute Gasteiger partial charge is 0.309 e. The van der Waals surface area contributed by atoms with Crippen molar-refractivity contribution in [2.24, 2.45) is 0 Å². The van der Waals surface area contributed by atoms with E-state index in [4.69, 9.17) is 24.9 Å². The molecule has 0 aliphatic rings. The molecule has 0 aliphatic carbocycles. The maximum atomic E-state index is 5.69. The van der Waals surface area contributed by atoms with E-state index in [1.807, 2.05) is 0 Å². The molecule has 0 N–H and O–H groups in total. The zero-order chi connectivity index (χ0) is 62.6. The van der Waals surface area contributed by atoms with Crippen LogP contribution < -0.4 is 0 Å². The lowest BCUT2D eigenvalue weighted by atomic mass is 10.2. The molecule has 0 atom stereocenters. The van der Waals surface area contributed by atoms with Crippen molar-refractivity contribution in [1.29, 1.82) is 0 Å². The van der Waals surface area contributed by atoms with Crippen LogP contribution in [0.25, 0.3) is 106 Å². The third kappa shape index (κ3) is 8.24. The molecule has 450 valence electrons. The van der Waals surface area contributed by atoms with Crippen molar-refractivity contribution >= 4 is 97.6 Å². The van der Waals surface area contributed by atoms with Crippen molar-refractivity contribution in [3.8, 4) is 29.0 Å². The summed E-state index contributed by atoms with van der Waals surface area (Å²) >= 11 is 0. The predicted molar refractivity (Wildman–Crippen MR) is 386 cm³/mol. The molecule has 0 unspecified atom stereocenters. The first-order valence-corrected chi connectivity index (χ1v) is 35.1. The van der Waals surface area contributed by atoms with Crippen LogP contribution in [0.2, 0.25) is 0 Å². The number of benzene rings is 13. The van der Waals surface area contributed by atoms with Crippen LogP contribution in [0.5, 0.6) is 0 Å². The van der Waals surface area contributed by atoms with E-state index in [1.54, 1.807) is 0 Å². The van der Waals surface area contributed by atoms with Crippen molar-refractivity contribution in [3.05, 3.63) is 340 Å². The monoisotopic (exact) mass is 1260 g/mol. The van der Waals surface area contributed by atoms with Crippen LogP contribution in [0.4, 0.5) is 0 Å². The van der Waals surface area contributed by atoms with Gasteiger partial charge in [-0.05, 0) is 158 Å². The third-order valence-corrected chi connectivity index (χ3v) is 26.4. The van der Waals surface area contributed by atoms with Crippen LogP contribution in [-0.2, 0) is 0 Å². The molecule has 0 fully saturated rings. The average molecular weight is 1260 g/mol. The fraction of sp³-hybridized carbons (Fsp3) is 0. The molecule has 19 rings (SSSR count). The fourth-order valence-corrected chi connectivity index (χ4v) is 22.4. The summed E-state index contributed by atoms with van der Waals surface area (Å²) < 4.78 is 11.1. The number of para-hydroxylation sites is 6. The zero-order valence-corrected chi connectivity index (χ0v) is 52.8. The first kappa shape index (κ1) is 54.6. The zero-order valence-electron chi connectivity index (χ0n) is 51.1. The maximum Gasteiger partial charge on any atom is 0.242 e. The van der Waals surface area contributed by atoms with Crippen LogP contribution in [0, 0.1) is 0 Å². The smallest absolute Gasteiger partial charge is 0.242 e. The van der Waals surface area contributed by atoms with Gasteiger partial charge in [0.05, 0.1) is 55.2 Å². The van der Waals surface area contributed by atoms with Gasteiger partial charge in [0, 0.05) is 61.2 Å². The summed E-state index contributed by atoms with van der Waals surface area (Å²) in [6, 6.07) is 122. The van der Waals surface area contributed by atoms with Gasteiger partial charge in [0.1, 0.15) is 0 Å². The number of fused-ring (bicyclic) bond motifs is 13. The fourth-order valence-electron chi connectivity index (χ4n) is 14.6. The van der Waals surface area contributed by atoms with Crippen molar-refractivity contribution in [2.45, 2.75) is 39.2 Å². The number of nitrogens with zero attached hydrogens (tertiary/aromatic N) is 10. The topological polar surface area (TPSA) is 88.1 Å². The van der Waals surface area contributed by atoms with Gasteiger partial charge in [0.25, 0.3) is 0 Å². The second-order valence-corrected chi connectivity index (χ2v) is 29.9. The van der Waals surface area contributed by atoms with Gasteiger partial charge in [-0.15, -0.1) is 20.1 Å². The molecule has 0 saturated heterocycles. The average Bonchev–Trinajstić information content (AvgIpc) is 1.67. The summed E-state index contributed by atoms with van der Waals surface area (Å²) in [5, 5.41) is 2.37. The molecule has 6 aromatic heterocycles. The van der Waals surface area contributed by atoms with Gasteiger partial charge < -0.3 is 4.57 Å². The summed E-state index contributed by atoms with van der Waals surface area (Å²) in [6.07, 6.45) is 0. The van der Waals surface area contributed by atoms with E-state index in [0.29, 0.717) is 29.3 Å². The Morgan fingerprint density at radius 3 is 0.937 bits per heavy atom. The van der Waals surface area contributed by atoms with Crippen molar-refractivity contribution in [2.75, 3.05) is 0 Å². The van der Waals surface area contributed by atoms with E-state index in [0.717, 1.165) is 66.4 Å². The molecular formula is C83H56N10S2. The minimum atomic E-state index is -2.05. The van der Waals surface area contributed by atoms with Crippen LogP contribution >= 0.6 is 20.1 Å². The molecule has 10 nitrogen and oxygen atoms in total. The van der Waals surface area contributed by atoms with E-state index in [9.17, 15) is 0 Å². The standard InChI is InChI=1S/C83H56N10S2/c1-7-30-59(31-8-1)94(60-32-9-2-10-33-60,61-34-11-3-12-35-61)65-50-52-69-77(55-65)90-73-46-23-25-48-75(73)92(82(90)84-69)80-86-79(57-28-27-29-58(54-57)89-71-44-21-19-42-67(71)68-43-20-22-45-72(68)89)87-81(88-80)93-76-49-26-24-47-74(76)91-78-56-66(51-53-70(78)85-83(91)93)95(62-36-13-4-14-37-62,63-38-15-5-16-39-63)64-40-17-6-18-41-64/h1-56H. The second kappa shape index (κ2) is 21.8. The number of hydrogen-bond acceptors (Lipinski definition) is 5. The lowest BCUT2D eigenvalue weighted by Crippen LogP contribution is -2.11. The lowest BCUT2D eigenvalue weighted by molar-refractivity contribution is 0.877. The number of aromatic nitrogens is 10. The highest BCUT2D eigenvalue weighted by Gasteiger charge is 2.36. The van der Waals surface area contributed by atoms with Crippen molar-refractivity contribution in [1.82, 2.24) is 47.4 Å². The minimum absolute atomic E-state index is 0.406. The Morgan fingerprint density at radius 2 is 0.558 bits per heavy atom. The van der Waals surface area contributed by atoms with Crippen molar-refractivity contribution < 1.29 is 0 Å². The van der Waals surface area contributed by atoms with E-state index >= 15 is 0 Å². The van der Waals surface area contributed by atoms with E-state index in [1.165, 1.54) is 49.9 Å². The van der Waals surface area contributed by atoms with Crippen LogP contribution in [0.3, 0.4) is 0 Å². The van der Waals surface area contributed by atoms with Gasteiger partial charge in [-0.3, -0.25) is 8.80 Å². The molecule has 13 aromatic carbocycles. The first-order valence-electron chi connectivity index (χ1n) is 31.8. The number of hydrogen-bond donors (Lipinski definition) is 0. The maximum absolute atomic E-state index is 5.69. The highest BCUT2D eigenvalue weighted by atomic mass is 32.3. The van der Waals surface area contributed by atoms with Crippen LogP contribution in [0.15, 0.2) is 379 Å². The normalized spacial score (nSPS) is 12.5. The highest BCUT2D eigenvalue weighted by Crippen LogP contribution is 2.75. The summed E-state index contributed by atoms with van der Waals surface area (Å²) in [5.41, 5.74) is 11.4. The Hall–Kier alpha value is -12.1. The van der Waals surface area contributed by atoms with E-state index in [2.05, 4.69) is 362 Å². The molecule has 6 heterocycles. The van der Waals surface area contributed by atoms with Gasteiger partial charge in [-0.25, -0.2) is 19.1 Å². The summed E-state index contributed by atoms with van der Waals surface area (Å²) in [5.74, 6) is 2.64. The molecule has 0 saturated carbocycles. The van der Waals surface area contributed by atoms with Gasteiger partial charge in [0.15, 0.2) is 5.82 Å². The predicted octanol–water partition coefficient (Wildman–Crippen LogP) is 20.8. The Balaban J connectivity index is 0.873. The Kier molecular flexibility index (Phi) is 12.5. The lowest BCUT2D eigenvalue weighted by Gasteiger charge is -2.42. The first-order chi connectivity index (χ1) is 47.1. The Bertz CT molecular complexity index is 5620. The van der Waals surface area contributed by atoms with Crippen LogP contribution in [0.1, 0.15) is 0 Å². The molecule has 0 radical (unpaired) electrons. The minimum Gasteiger partial charge on any atom is -0.309 e. The number of rotatable bonds is 12. The number of imidazole rings is 4. The Labute approximate surface area is 549 Å². The highest BCUT2D eigenvalue weighted by molar-refractivity contribution is 8.34. The molecule has 0 bridgehead atoms. The Morgan fingerprint density at radius 1 is 0.221 bits per heavy atom. The van der Waals surface area contributed by atoms with Gasteiger partial charge in [-0.2, -0.15) is 15.0 Å². The summed E-state index contributed by atoms with van der Waals surface area (Å²) in [6.45, 7) is 0. The van der Waals surface area contributed by atoms with Crippen LogP contribution in [-0.4, -0.2) is 47.4 Å². The molecule has 0 aliphatic heterocycles. The SMILES string of the molecule is c1ccc(S(c2ccccc2)(c2ccccc2)c2ccc3nc4n(-c5nc(-c6cccc(-n7c8ccccc8c8ccccc87)c6)nc(-n6c7ccccc7n7c8cc(S(c9ccccc9)(c9ccccc9)c9ccccc9)ccc8nc67)n5)c5ccccc5n4c3c2)cc1. The van der Waals surface area contributed by atoms with Gasteiger partial charge in [0.2, 0.25) is 23.5 Å².